The molecule has 0 amide bonds. The fourth-order valence-corrected chi connectivity index (χ4v) is 10.5. The molecule has 0 unspecified atom stereocenters. The molecule has 3 aromatic carbocycles. The molecule has 64 heavy (non-hydrogen) atoms. The maximum Gasteiger partial charge on any atom is 0.573 e. The van der Waals surface area contributed by atoms with Crippen LogP contribution in [0.15, 0.2) is 102 Å². The molecule has 0 radical (unpaired) electrons. The minimum Gasteiger partial charge on any atom is -0.507 e. The lowest BCUT2D eigenvalue weighted by Crippen LogP contribution is -2.68. The Morgan fingerprint density at radius 2 is 1.52 bits per heavy atom. The molecule has 3 aliphatic rings. The van der Waals surface area contributed by atoms with E-state index >= 15 is 9.59 Å². The molecular weight excluding hydrogens is 844 g/mol. The minimum atomic E-state index is -5.10. The van der Waals surface area contributed by atoms with Crippen LogP contribution in [0.25, 0.3) is 5.76 Å². The summed E-state index contributed by atoms with van der Waals surface area (Å²) in [6.07, 6.45) is -1.90. The molecule has 340 valence electrons. The van der Waals surface area contributed by atoms with Gasteiger partial charge in [0.1, 0.15) is 36.0 Å². The third-order valence-corrected chi connectivity index (χ3v) is 17.3. The number of hydrogen-bond donors (Lipinski definition) is 1. The Kier molecular flexibility index (Phi) is 13.0. The Balaban J connectivity index is 1.49. The first kappa shape index (κ1) is 46.5. The molecule has 0 saturated heterocycles. The van der Waals surface area contributed by atoms with E-state index in [1.807, 2.05) is 99.4 Å². The van der Waals surface area contributed by atoms with Crippen molar-refractivity contribution in [2.75, 3.05) is 27.2 Å². The lowest BCUT2D eigenvalue weighted by molar-refractivity contribution is -0.275. The van der Waals surface area contributed by atoms with Crippen LogP contribution in [-0.2, 0) is 35.4 Å². The number of alkyl halides is 3. The SMILES string of the molecule is C=CCN(CC=C)[C@@H]1c2onc(OCc3ccccc3)c2C(=O)[C@@]2(O[Si](C)(C)C(C)(C)C)C(=O)C3=C(O)c4c(OCc5ccccc5)cc(CN(C)C)c(OC(F)(F)F)c4C[C@H]3C[C@@H]12. The van der Waals surface area contributed by atoms with Crippen molar-refractivity contribution < 1.29 is 51.0 Å². The van der Waals surface area contributed by atoms with Crippen LogP contribution in [0.1, 0.15) is 77.2 Å². The number of aliphatic hydroxyl groups is 1. The zero-order valence-electron chi connectivity index (χ0n) is 37.4. The number of aromatic nitrogens is 1. The molecule has 0 spiro atoms. The summed E-state index contributed by atoms with van der Waals surface area (Å²) in [6.45, 7) is 18.4. The van der Waals surface area contributed by atoms with Crippen molar-refractivity contribution in [3.8, 4) is 17.4 Å². The summed E-state index contributed by atoms with van der Waals surface area (Å²) in [5.41, 5.74) is -0.822. The van der Waals surface area contributed by atoms with Gasteiger partial charge in [-0.15, -0.1) is 26.3 Å². The number of carbonyl (C=O) groups is 2. The highest BCUT2D eigenvalue weighted by molar-refractivity contribution is 6.74. The van der Waals surface area contributed by atoms with E-state index in [0.717, 1.165) is 11.1 Å². The van der Waals surface area contributed by atoms with Crippen LogP contribution >= 0.6 is 0 Å². The normalized spacial score (nSPS) is 21.0. The van der Waals surface area contributed by atoms with Crippen molar-refractivity contribution in [3.63, 3.8) is 0 Å². The number of benzene rings is 3. The van der Waals surface area contributed by atoms with Crippen LogP contribution in [0.4, 0.5) is 13.2 Å². The molecule has 4 atom stereocenters. The Bertz CT molecular complexity index is 2430. The van der Waals surface area contributed by atoms with Gasteiger partial charge in [-0.1, -0.05) is 93.6 Å². The van der Waals surface area contributed by atoms with Gasteiger partial charge in [-0.25, -0.2) is 0 Å². The van der Waals surface area contributed by atoms with Crippen molar-refractivity contribution in [1.82, 2.24) is 15.0 Å². The van der Waals surface area contributed by atoms with Gasteiger partial charge in [0, 0.05) is 42.3 Å². The van der Waals surface area contributed by atoms with Crippen LogP contribution < -0.4 is 14.2 Å². The highest BCUT2D eigenvalue weighted by atomic mass is 28.4. The zero-order valence-corrected chi connectivity index (χ0v) is 38.4. The van der Waals surface area contributed by atoms with E-state index in [1.54, 1.807) is 31.1 Å². The van der Waals surface area contributed by atoms with E-state index in [2.05, 4.69) is 18.3 Å². The number of rotatable bonds is 16. The predicted molar refractivity (Wildman–Crippen MR) is 238 cm³/mol. The monoisotopic (exact) mass is 899 g/mol. The van der Waals surface area contributed by atoms with Gasteiger partial charge in [0.2, 0.25) is 11.6 Å². The summed E-state index contributed by atoms with van der Waals surface area (Å²) in [7, 11) is 0.305. The first-order chi connectivity index (χ1) is 30.2. The van der Waals surface area contributed by atoms with Crippen LogP contribution in [0.3, 0.4) is 0 Å². The number of fused-ring (bicyclic) bond motifs is 4. The van der Waals surface area contributed by atoms with Gasteiger partial charge in [-0.05, 0) is 73.3 Å². The Morgan fingerprint density at radius 1 is 0.922 bits per heavy atom. The van der Waals surface area contributed by atoms with E-state index in [9.17, 15) is 18.3 Å². The van der Waals surface area contributed by atoms with Gasteiger partial charge in [-0.2, -0.15) is 0 Å². The summed E-state index contributed by atoms with van der Waals surface area (Å²) in [6, 6.07) is 19.0. The lowest BCUT2D eigenvalue weighted by Gasteiger charge is -2.55. The molecule has 3 aliphatic carbocycles. The molecule has 7 rings (SSSR count). The third-order valence-electron chi connectivity index (χ3n) is 12.8. The number of halogens is 3. The summed E-state index contributed by atoms with van der Waals surface area (Å²) in [5, 5.41) is 16.5. The molecule has 1 heterocycles. The summed E-state index contributed by atoms with van der Waals surface area (Å²) < 4.78 is 74.1. The Hall–Kier alpha value is -5.48. The van der Waals surface area contributed by atoms with Crippen molar-refractivity contribution in [1.29, 1.82) is 0 Å². The van der Waals surface area contributed by atoms with E-state index in [4.69, 9.17) is 23.2 Å². The number of carbonyl (C=O) groups excluding carboxylic acids is 2. The molecule has 1 N–H and O–H groups in total. The molecule has 1 saturated carbocycles. The second kappa shape index (κ2) is 17.8. The van der Waals surface area contributed by atoms with Gasteiger partial charge < -0.3 is 33.2 Å². The Labute approximate surface area is 373 Å². The number of ether oxygens (including phenoxy) is 3. The van der Waals surface area contributed by atoms with Gasteiger partial charge in [0.05, 0.1) is 11.6 Å². The number of ketones is 2. The molecule has 1 fully saturated rings. The summed E-state index contributed by atoms with van der Waals surface area (Å²) >= 11 is 0. The van der Waals surface area contributed by atoms with Crippen LogP contribution in [0.2, 0.25) is 18.1 Å². The van der Waals surface area contributed by atoms with E-state index < -0.39 is 66.3 Å². The van der Waals surface area contributed by atoms with Crippen LogP contribution in [0, 0.1) is 11.8 Å². The van der Waals surface area contributed by atoms with Crippen molar-refractivity contribution in [2.45, 2.75) is 89.5 Å². The number of hydrogen-bond acceptors (Lipinski definition) is 11. The first-order valence-corrected chi connectivity index (χ1v) is 24.2. The van der Waals surface area contributed by atoms with Crippen LogP contribution in [-0.4, -0.2) is 79.1 Å². The van der Waals surface area contributed by atoms with Gasteiger partial charge in [0.15, 0.2) is 19.7 Å². The second-order valence-electron chi connectivity index (χ2n) is 18.5. The molecule has 15 heteroatoms. The quantitative estimate of drug-likeness (QED) is 0.0657. The summed E-state index contributed by atoms with van der Waals surface area (Å²) in [5.74, 6) is -4.43. The maximum absolute atomic E-state index is 16.1. The Morgan fingerprint density at radius 3 is 2.06 bits per heavy atom. The number of nitrogens with zero attached hydrogens (tertiary/aromatic N) is 3. The van der Waals surface area contributed by atoms with E-state index in [0.29, 0.717) is 0 Å². The smallest absolute Gasteiger partial charge is 0.507 e. The lowest BCUT2D eigenvalue weighted by atomic mass is 9.57. The third kappa shape index (κ3) is 8.70. The highest BCUT2D eigenvalue weighted by Crippen LogP contribution is 2.60. The molecule has 1 aromatic heterocycles. The van der Waals surface area contributed by atoms with Crippen molar-refractivity contribution in [2.24, 2.45) is 11.8 Å². The first-order valence-electron chi connectivity index (χ1n) is 21.3. The second-order valence-corrected chi connectivity index (χ2v) is 23.2. The fourth-order valence-electron chi connectivity index (χ4n) is 9.06. The molecular formula is C49H56F3N3O8Si. The van der Waals surface area contributed by atoms with E-state index in [1.165, 1.54) is 6.07 Å². The average molecular weight is 900 g/mol. The standard InChI is InChI=1S/C49H56F3N3O8Si/c1-10-22-55(23-11-2)40-35-25-32-24-34-38(36(59-28-30-18-14-12-15-19-30)26-33(27-54(6)7)42(34)61-49(50,51)52)41(56)37(32)44(57)48(35,63-64(8,9)47(3,4)5)45(58)39-43(40)62-53-46(39)60-29-31-20-16-13-17-21-31/h10-21,26,32,35,40,56H,1-2,22-25,27-29H2,3-9H3/t32-,35-,40-,48-/m0/s1. The van der Waals surface area contributed by atoms with Crippen LogP contribution in [0.5, 0.6) is 17.4 Å². The zero-order chi connectivity index (χ0) is 46.4. The van der Waals surface area contributed by atoms with Crippen molar-refractivity contribution >= 4 is 25.6 Å². The summed E-state index contributed by atoms with van der Waals surface area (Å²) in [4.78, 5) is 35.6. The van der Waals surface area contributed by atoms with Gasteiger partial charge >= 0.3 is 6.36 Å². The van der Waals surface area contributed by atoms with Gasteiger partial charge in [0.25, 0.3) is 5.88 Å². The minimum absolute atomic E-state index is 0.000720. The van der Waals surface area contributed by atoms with Gasteiger partial charge in [-0.3, -0.25) is 14.5 Å². The van der Waals surface area contributed by atoms with E-state index in [-0.39, 0.29) is 90.9 Å². The topological polar surface area (TPSA) is 124 Å². The molecule has 0 aliphatic heterocycles. The molecule has 0 bridgehead atoms. The van der Waals surface area contributed by atoms with Crippen molar-refractivity contribution in [3.05, 3.63) is 137 Å². The number of aliphatic hydroxyl groups excluding tert-OH is 1. The molecule has 4 aromatic rings. The molecule has 11 nitrogen and oxygen atoms in total. The largest absolute Gasteiger partial charge is 0.573 e. The predicted octanol–water partition coefficient (Wildman–Crippen LogP) is 10.2. The fraction of sp³-hybridized carbons (Fsp3) is 0.408. The average Bonchev–Trinajstić information content (AvgIpc) is 3.64. The maximum atomic E-state index is 16.1. The number of Topliss-reactive ketones (excluding diaryl/α,β-unsaturated/α-hetero) is 2. The highest BCUT2D eigenvalue weighted by Gasteiger charge is 2.69.